The van der Waals surface area contributed by atoms with Crippen molar-refractivity contribution >= 4 is 5.57 Å². The minimum Gasteiger partial charge on any atom is -0.0905 e. The van der Waals surface area contributed by atoms with Gasteiger partial charge in [-0.1, -0.05) is 317 Å². The van der Waals surface area contributed by atoms with Crippen LogP contribution in [0.4, 0.5) is 0 Å². The molecule has 0 heterocycles. The van der Waals surface area contributed by atoms with Gasteiger partial charge in [-0.25, -0.2) is 0 Å². The molecule has 0 saturated heterocycles. The molecule has 3 atom stereocenters. The van der Waals surface area contributed by atoms with E-state index in [1.54, 1.807) is 0 Å². The molecule has 0 radical (unpaired) electrons. The second kappa shape index (κ2) is 21.0. The maximum Gasteiger partial charge on any atom is 0.0713 e. The number of hydrogen-bond acceptors (Lipinski definition) is 0. The summed E-state index contributed by atoms with van der Waals surface area (Å²) in [6, 6.07) is 124. The third kappa shape index (κ3) is 8.16. The van der Waals surface area contributed by atoms with E-state index < -0.39 is 5.41 Å². The predicted octanol–water partition coefficient (Wildman–Crippen LogP) is 23.2. The van der Waals surface area contributed by atoms with Crippen LogP contribution in [0.1, 0.15) is 103 Å². The van der Waals surface area contributed by atoms with Crippen LogP contribution in [0.25, 0.3) is 94.6 Å². The molecule has 0 fully saturated rings. The fourth-order valence-corrected chi connectivity index (χ4v) is 16.6. The second-order valence-corrected chi connectivity index (χ2v) is 25.4. The summed E-state index contributed by atoms with van der Waals surface area (Å²) >= 11 is 0. The highest BCUT2D eigenvalue weighted by Crippen LogP contribution is 2.58. The van der Waals surface area contributed by atoms with Crippen LogP contribution in [-0.4, -0.2) is 0 Å². The van der Waals surface area contributed by atoms with Gasteiger partial charge in [-0.05, 0) is 197 Å². The topological polar surface area (TPSA) is 0 Å². The lowest BCUT2D eigenvalue weighted by molar-refractivity contribution is 0.768. The van der Waals surface area contributed by atoms with Gasteiger partial charge in [-0.3, -0.25) is 0 Å². The molecule has 0 amide bonds. The van der Waals surface area contributed by atoms with Crippen LogP contribution in [-0.2, 0) is 5.41 Å². The zero-order valence-electron chi connectivity index (χ0n) is 50.6. The average Bonchev–Trinajstić information content (AvgIpc) is 1.57. The Morgan fingerprint density at radius 2 is 0.780 bits per heavy atom. The molecular formula is C91H62. The first-order chi connectivity index (χ1) is 45.0. The zero-order valence-corrected chi connectivity index (χ0v) is 50.6. The highest BCUT2D eigenvalue weighted by atomic mass is 14.5. The van der Waals surface area contributed by atoms with E-state index in [2.05, 4.69) is 335 Å². The average molecular weight is 1160 g/mol. The largest absolute Gasteiger partial charge is 0.0905 e. The van der Waals surface area contributed by atoms with Crippen LogP contribution in [0, 0.1) is 0 Å². The minimum absolute atomic E-state index is 0.0187. The normalized spacial score (nSPS) is 15.2. The second-order valence-electron chi connectivity index (χ2n) is 25.4. The summed E-state index contributed by atoms with van der Waals surface area (Å²) in [6.07, 6.45) is 0. The fourth-order valence-electron chi connectivity index (χ4n) is 16.6. The van der Waals surface area contributed by atoms with Crippen LogP contribution in [0.15, 0.2) is 334 Å². The quantitative estimate of drug-likeness (QED) is 0.120. The van der Waals surface area contributed by atoms with Crippen molar-refractivity contribution in [3.05, 3.63) is 412 Å². The molecule has 91 heavy (non-hydrogen) atoms. The number of hydrogen-bond donors (Lipinski definition) is 0. The van der Waals surface area contributed by atoms with E-state index in [1.165, 1.54) is 167 Å². The Bertz CT molecular complexity index is 5200. The van der Waals surface area contributed by atoms with Crippen molar-refractivity contribution in [3.63, 3.8) is 0 Å². The summed E-state index contributed by atoms with van der Waals surface area (Å²) in [5, 5.41) is 0. The third-order valence-corrected chi connectivity index (χ3v) is 20.8. The van der Waals surface area contributed by atoms with Gasteiger partial charge in [0.05, 0.1) is 5.41 Å². The molecule has 0 nitrogen and oxygen atoms in total. The highest BCUT2D eigenvalue weighted by Gasteiger charge is 2.46. The van der Waals surface area contributed by atoms with Gasteiger partial charge in [0.1, 0.15) is 0 Å². The van der Waals surface area contributed by atoms with Crippen molar-refractivity contribution in [2.45, 2.75) is 30.1 Å². The molecule has 0 N–H and O–H groups in total. The maximum absolute atomic E-state index is 4.74. The van der Waals surface area contributed by atoms with Crippen molar-refractivity contribution in [1.82, 2.24) is 0 Å². The van der Waals surface area contributed by atoms with Gasteiger partial charge in [0.2, 0.25) is 0 Å². The lowest BCUT2D eigenvalue weighted by Gasteiger charge is -2.33. The van der Waals surface area contributed by atoms with Crippen molar-refractivity contribution in [2.24, 2.45) is 0 Å². The van der Waals surface area contributed by atoms with Crippen molar-refractivity contribution < 1.29 is 0 Å². The summed E-state index contributed by atoms with van der Waals surface area (Å²) in [4.78, 5) is 0. The van der Waals surface area contributed by atoms with Gasteiger partial charge in [-0.2, -0.15) is 0 Å². The summed E-state index contributed by atoms with van der Waals surface area (Å²) in [5.41, 5.74) is 38.9. The van der Waals surface area contributed by atoms with Crippen molar-refractivity contribution in [1.29, 1.82) is 0 Å². The van der Waals surface area contributed by atoms with Crippen molar-refractivity contribution in [2.75, 3.05) is 0 Å². The molecule has 3 unspecified atom stereocenters. The third-order valence-electron chi connectivity index (χ3n) is 20.8. The zero-order chi connectivity index (χ0) is 60.3. The number of fused-ring (bicyclic) bond motifs is 12. The summed E-state index contributed by atoms with van der Waals surface area (Å²) < 4.78 is 0. The van der Waals surface area contributed by atoms with E-state index in [0.717, 1.165) is 5.57 Å². The van der Waals surface area contributed by atoms with E-state index in [0.29, 0.717) is 5.92 Å². The molecule has 0 spiro atoms. The Kier molecular flexibility index (Phi) is 12.2. The van der Waals surface area contributed by atoms with E-state index in [4.69, 9.17) is 6.58 Å². The summed E-state index contributed by atoms with van der Waals surface area (Å²) in [5.74, 6) is 0.208. The van der Waals surface area contributed by atoms with E-state index in [-0.39, 0.29) is 11.8 Å². The first-order valence-corrected chi connectivity index (χ1v) is 32.1. The van der Waals surface area contributed by atoms with Gasteiger partial charge < -0.3 is 0 Å². The number of benzene rings is 14. The van der Waals surface area contributed by atoms with Gasteiger partial charge in [0, 0.05) is 17.8 Å². The van der Waals surface area contributed by atoms with E-state index in [1.807, 2.05) is 0 Å². The first kappa shape index (κ1) is 52.9. The molecule has 4 aliphatic carbocycles. The van der Waals surface area contributed by atoms with Gasteiger partial charge >= 0.3 is 0 Å². The van der Waals surface area contributed by atoms with Crippen LogP contribution >= 0.6 is 0 Å². The molecule has 0 aromatic heterocycles. The lowest BCUT2D eigenvalue weighted by Crippen LogP contribution is -2.28. The molecule has 4 aliphatic rings. The smallest absolute Gasteiger partial charge is 0.0713 e. The van der Waals surface area contributed by atoms with Crippen LogP contribution in [0.2, 0.25) is 0 Å². The first-order valence-electron chi connectivity index (χ1n) is 32.1. The van der Waals surface area contributed by atoms with Gasteiger partial charge in [0.15, 0.2) is 0 Å². The molecule has 0 saturated carbocycles. The summed E-state index contributed by atoms with van der Waals surface area (Å²) in [6.45, 7) is 7.10. The minimum atomic E-state index is -0.446. The fraction of sp³-hybridized carbons (Fsp3) is 0.0549. The molecule has 18 rings (SSSR count). The molecule has 0 heteroatoms. The van der Waals surface area contributed by atoms with Crippen LogP contribution < -0.4 is 0 Å². The Hall–Kier alpha value is -11.2. The predicted molar refractivity (Wildman–Crippen MR) is 379 cm³/mol. The lowest BCUT2D eigenvalue weighted by atomic mass is 9.67. The van der Waals surface area contributed by atoms with Crippen molar-refractivity contribution in [3.8, 4) is 89.0 Å². The van der Waals surface area contributed by atoms with E-state index in [9.17, 15) is 0 Å². The molecule has 0 bridgehead atoms. The Labute approximate surface area is 533 Å². The molecule has 426 valence electrons. The van der Waals surface area contributed by atoms with Gasteiger partial charge in [0.25, 0.3) is 0 Å². The van der Waals surface area contributed by atoms with Crippen LogP contribution in [0.5, 0.6) is 0 Å². The molecule has 0 aliphatic heterocycles. The van der Waals surface area contributed by atoms with Gasteiger partial charge in [-0.15, -0.1) is 0 Å². The monoisotopic (exact) mass is 1150 g/mol. The molecule has 14 aromatic rings. The molecular weight excluding hydrogens is 1090 g/mol. The maximum atomic E-state index is 4.74. The SMILES string of the molecule is C=C1c2ccccc2-c2ccc(C(c3ccc(-c4ccccc4)c(-c4ccccc4)c3)c3ccc4c(c3)C(c3ccc(-c5ccc6c(c5)-c5ccccc5C6(c5ccccc5)c5ccccc5)cc3)c3ccc(-c5cccc6c5-c5ccccc5C6C)cc3-4)cc21. The Morgan fingerprint density at radius 1 is 0.275 bits per heavy atom. The standard InChI is InChI=1S/C91H62/c1-57-71-31-16-18-34-79(71)90-72(57)35-21-36-74(90)64-42-50-80-83(53-64)77-49-45-67(88(65-44-48-76-75-32-17-15-30-70(75)58(2)81(76)54-65)66-43-47-73(60-22-7-3-8-23-60)82(55-66)61-24-9-4-10-25-61)56-85(77)89(80)62-40-38-59(39-41-62)63-46-51-87-84(52-63)78-33-19-20-37-86(78)91(87,68-26-11-5-12-27-68)69-28-13-6-14-29-69/h3-57,88-89H,2H2,1H3. The number of rotatable bonds is 10. The Morgan fingerprint density at radius 3 is 1.49 bits per heavy atom. The molecule has 14 aromatic carbocycles. The Balaban J connectivity index is 0.806. The van der Waals surface area contributed by atoms with E-state index >= 15 is 0 Å². The highest BCUT2D eigenvalue weighted by molar-refractivity contribution is 6.01. The summed E-state index contributed by atoms with van der Waals surface area (Å²) in [7, 11) is 0. The van der Waals surface area contributed by atoms with Crippen LogP contribution in [0.3, 0.4) is 0 Å².